The van der Waals surface area contributed by atoms with Crippen LogP contribution >= 0.6 is 11.6 Å². The van der Waals surface area contributed by atoms with Gasteiger partial charge in [0.25, 0.3) is 0 Å². The van der Waals surface area contributed by atoms with E-state index in [1.165, 1.54) is 11.6 Å². The number of rotatable bonds is 7. The fourth-order valence-corrected chi connectivity index (χ4v) is 2.62. The van der Waals surface area contributed by atoms with E-state index < -0.39 is 0 Å². The molecule has 0 aliphatic rings. The van der Waals surface area contributed by atoms with Crippen LogP contribution < -0.4 is 5.32 Å². The summed E-state index contributed by atoms with van der Waals surface area (Å²) in [5.74, 6) is -0.184. The second-order valence-electron chi connectivity index (χ2n) is 5.28. The van der Waals surface area contributed by atoms with Gasteiger partial charge in [0, 0.05) is 11.1 Å². The molecule has 0 bridgehead atoms. The van der Waals surface area contributed by atoms with Crippen molar-refractivity contribution in [3.05, 3.63) is 70.5 Å². The van der Waals surface area contributed by atoms with Gasteiger partial charge in [-0.15, -0.1) is 0 Å². The van der Waals surface area contributed by atoms with E-state index in [9.17, 15) is 4.39 Å². The van der Waals surface area contributed by atoms with E-state index in [-0.39, 0.29) is 11.9 Å². The fourth-order valence-electron chi connectivity index (χ4n) is 2.43. The number of halogens is 2. The second kappa shape index (κ2) is 8.16. The lowest BCUT2D eigenvalue weighted by molar-refractivity contribution is 0.492. The first-order chi connectivity index (χ1) is 10.2. The van der Waals surface area contributed by atoms with Crippen LogP contribution in [-0.4, -0.2) is 12.6 Å². The maximum absolute atomic E-state index is 13.9. The molecule has 0 aliphatic carbocycles. The van der Waals surface area contributed by atoms with Crippen LogP contribution in [0.1, 0.15) is 24.5 Å². The molecule has 0 aliphatic heterocycles. The largest absolute Gasteiger partial charge is 0.313 e. The molecule has 1 atom stereocenters. The predicted octanol–water partition coefficient (Wildman–Crippen LogP) is 4.63. The van der Waals surface area contributed by atoms with E-state index in [0.29, 0.717) is 17.0 Å². The van der Waals surface area contributed by atoms with Crippen LogP contribution in [0, 0.1) is 5.82 Å². The van der Waals surface area contributed by atoms with Crippen LogP contribution in [0.5, 0.6) is 0 Å². The molecule has 2 rings (SSSR count). The fraction of sp³-hybridized carbons (Fsp3) is 0.333. The smallest absolute Gasteiger partial charge is 0.126 e. The van der Waals surface area contributed by atoms with Crippen molar-refractivity contribution in [1.29, 1.82) is 0 Å². The summed E-state index contributed by atoms with van der Waals surface area (Å²) >= 11 is 5.98. The molecule has 0 radical (unpaired) electrons. The van der Waals surface area contributed by atoms with Crippen LogP contribution in [-0.2, 0) is 12.8 Å². The molecular formula is C18H21ClFN. The third-order valence-electron chi connectivity index (χ3n) is 3.48. The van der Waals surface area contributed by atoms with Gasteiger partial charge < -0.3 is 5.32 Å². The molecule has 2 aromatic carbocycles. The highest BCUT2D eigenvalue weighted by Crippen LogP contribution is 2.17. The van der Waals surface area contributed by atoms with Crippen molar-refractivity contribution in [2.75, 3.05) is 6.54 Å². The van der Waals surface area contributed by atoms with E-state index in [4.69, 9.17) is 11.6 Å². The van der Waals surface area contributed by atoms with Gasteiger partial charge in [-0.3, -0.25) is 0 Å². The molecule has 112 valence electrons. The van der Waals surface area contributed by atoms with Gasteiger partial charge in [-0.1, -0.05) is 48.9 Å². The molecule has 21 heavy (non-hydrogen) atoms. The Balaban J connectivity index is 2.10. The summed E-state index contributed by atoms with van der Waals surface area (Å²) in [6.45, 7) is 3.06. The van der Waals surface area contributed by atoms with Gasteiger partial charge in [0.15, 0.2) is 0 Å². The molecule has 0 saturated carbocycles. The molecule has 1 nitrogen and oxygen atoms in total. The first-order valence-corrected chi connectivity index (χ1v) is 7.78. The van der Waals surface area contributed by atoms with Crippen molar-refractivity contribution in [1.82, 2.24) is 5.32 Å². The minimum absolute atomic E-state index is 0.184. The first-order valence-electron chi connectivity index (χ1n) is 7.40. The van der Waals surface area contributed by atoms with E-state index >= 15 is 0 Å². The van der Waals surface area contributed by atoms with E-state index in [0.717, 1.165) is 19.4 Å². The molecule has 1 unspecified atom stereocenters. The summed E-state index contributed by atoms with van der Waals surface area (Å²) in [6, 6.07) is 15.3. The highest BCUT2D eigenvalue weighted by atomic mass is 35.5. The number of benzene rings is 2. The lowest BCUT2D eigenvalue weighted by Crippen LogP contribution is -2.34. The maximum Gasteiger partial charge on any atom is 0.126 e. The Labute approximate surface area is 131 Å². The summed E-state index contributed by atoms with van der Waals surface area (Å²) in [6.07, 6.45) is 2.58. The molecule has 0 spiro atoms. The number of nitrogens with one attached hydrogen (secondary N) is 1. The molecule has 0 saturated heterocycles. The Morgan fingerprint density at radius 3 is 2.57 bits per heavy atom. The van der Waals surface area contributed by atoms with E-state index in [2.05, 4.69) is 24.4 Å². The van der Waals surface area contributed by atoms with Gasteiger partial charge in [0.05, 0.1) is 0 Å². The zero-order valence-electron chi connectivity index (χ0n) is 12.3. The monoisotopic (exact) mass is 305 g/mol. The molecule has 1 N–H and O–H groups in total. The summed E-state index contributed by atoms with van der Waals surface area (Å²) in [4.78, 5) is 0. The molecule has 0 fully saturated rings. The van der Waals surface area contributed by atoms with Crippen LogP contribution in [0.4, 0.5) is 4.39 Å². The van der Waals surface area contributed by atoms with Crippen LogP contribution in [0.3, 0.4) is 0 Å². The highest BCUT2D eigenvalue weighted by Gasteiger charge is 2.13. The molecule has 2 aromatic rings. The van der Waals surface area contributed by atoms with E-state index in [1.54, 1.807) is 12.1 Å². The third-order valence-corrected chi connectivity index (χ3v) is 3.72. The maximum atomic E-state index is 13.9. The van der Waals surface area contributed by atoms with Gasteiger partial charge in [-0.05, 0) is 55.1 Å². The second-order valence-corrected chi connectivity index (χ2v) is 5.72. The zero-order valence-corrected chi connectivity index (χ0v) is 13.0. The topological polar surface area (TPSA) is 12.0 Å². The Bertz CT molecular complexity index is 556. The van der Waals surface area contributed by atoms with Crippen molar-refractivity contribution in [2.24, 2.45) is 0 Å². The molecule has 0 heterocycles. The summed E-state index contributed by atoms with van der Waals surface area (Å²) < 4.78 is 13.9. The van der Waals surface area contributed by atoms with E-state index in [1.807, 2.05) is 18.2 Å². The summed E-state index contributed by atoms with van der Waals surface area (Å²) in [5, 5.41) is 4.09. The summed E-state index contributed by atoms with van der Waals surface area (Å²) in [5.41, 5.74) is 1.93. The molecule has 0 aromatic heterocycles. The standard InChI is InChI=1S/C18H21ClFN/c1-2-10-21-17(11-14-6-4-3-5-7-14)13-15-12-16(19)8-9-18(15)20/h3-9,12,17,21H,2,10-11,13H2,1H3. The van der Waals surface area contributed by atoms with Gasteiger partial charge in [-0.2, -0.15) is 0 Å². The molecule has 0 amide bonds. The first kappa shape index (κ1) is 16.0. The summed E-state index contributed by atoms with van der Waals surface area (Å²) in [7, 11) is 0. The van der Waals surface area contributed by atoms with Crippen molar-refractivity contribution in [3.63, 3.8) is 0 Å². The molecular weight excluding hydrogens is 285 g/mol. The Morgan fingerprint density at radius 1 is 1.10 bits per heavy atom. The third kappa shape index (κ3) is 5.14. The minimum atomic E-state index is -0.184. The van der Waals surface area contributed by atoms with Gasteiger partial charge in [0.2, 0.25) is 0 Å². The molecule has 3 heteroatoms. The average molecular weight is 306 g/mol. The average Bonchev–Trinajstić information content (AvgIpc) is 2.49. The van der Waals surface area contributed by atoms with Crippen LogP contribution in [0.15, 0.2) is 48.5 Å². The van der Waals surface area contributed by atoms with Crippen molar-refractivity contribution < 1.29 is 4.39 Å². The van der Waals surface area contributed by atoms with Crippen LogP contribution in [0.25, 0.3) is 0 Å². The SMILES string of the molecule is CCCNC(Cc1ccccc1)Cc1cc(Cl)ccc1F. The Kier molecular flexibility index (Phi) is 6.21. The quantitative estimate of drug-likeness (QED) is 0.786. The Hall–Kier alpha value is -1.38. The lowest BCUT2D eigenvalue weighted by Gasteiger charge is -2.19. The van der Waals surface area contributed by atoms with Gasteiger partial charge in [-0.25, -0.2) is 4.39 Å². The van der Waals surface area contributed by atoms with Crippen molar-refractivity contribution in [2.45, 2.75) is 32.2 Å². The van der Waals surface area contributed by atoms with Crippen LogP contribution in [0.2, 0.25) is 5.02 Å². The lowest BCUT2D eigenvalue weighted by atomic mass is 9.98. The predicted molar refractivity (Wildman–Crippen MR) is 87.3 cm³/mol. The number of hydrogen-bond donors (Lipinski definition) is 1. The van der Waals surface area contributed by atoms with Crippen molar-refractivity contribution >= 4 is 11.6 Å². The minimum Gasteiger partial charge on any atom is -0.313 e. The Morgan fingerprint density at radius 2 is 1.86 bits per heavy atom. The van der Waals surface area contributed by atoms with Crippen molar-refractivity contribution in [3.8, 4) is 0 Å². The highest BCUT2D eigenvalue weighted by molar-refractivity contribution is 6.30. The van der Waals surface area contributed by atoms with Gasteiger partial charge >= 0.3 is 0 Å². The van der Waals surface area contributed by atoms with Gasteiger partial charge in [0.1, 0.15) is 5.82 Å². The zero-order chi connectivity index (χ0) is 15.1. The normalized spacial score (nSPS) is 12.3. The number of hydrogen-bond acceptors (Lipinski definition) is 1.